The molecule has 1 aliphatic rings. The van der Waals surface area contributed by atoms with E-state index in [-0.39, 0.29) is 19.4 Å². The number of hydrogen-bond acceptors (Lipinski definition) is 7. The van der Waals surface area contributed by atoms with Crippen LogP contribution in [0.1, 0.15) is 19.8 Å². The van der Waals surface area contributed by atoms with E-state index in [9.17, 15) is 14.4 Å². The van der Waals surface area contributed by atoms with Crippen LogP contribution < -0.4 is 5.32 Å². The summed E-state index contributed by atoms with van der Waals surface area (Å²) < 4.78 is 15.4. The first-order chi connectivity index (χ1) is 12.5. The van der Waals surface area contributed by atoms with Crippen LogP contribution in [0.15, 0.2) is 0 Å². The van der Waals surface area contributed by atoms with Crippen LogP contribution in [0.3, 0.4) is 0 Å². The lowest BCUT2D eigenvalue weighted by molar-refractivity contribution is -0.150. The smallest absolute Gasteiger partial charge is 0.328 e. The van der Waals surface area contributed by atoms with Gasteiger partial charge in [0.1, 0.15) is 18.8 Å². The second-order valence-corrected chi connectivity index (χ2v) is 5.81. The maximum atomic E-state index is 12.3. The molecule has 0 bridgehead atoms. The number of Topliss-reactive ketones (excluding diaryl/α,β-unsaturated/α-hetero) is 1. The van der Waals surface area contributed by atoms with E-state index in [0.717, 1.165) is 19.3 Å². The number of carbonyl (C=O) groups is 3. The first kappa shape index (κ1) is 21.9. The molecule has 0 aliphatic carbocycles. The highest BCUT2D eigenvalue weighted by Gasteiger charge is 2.26. The number of hydrogen-bond donors (Lipinski definition) is 1. The molecule has 0 saturated carbocycles. The summed E-state index contributed by atoms with van der Waals surface area (Å²) in [7, 11) is 1.38. The summed E-state index contributed by atoms with van der Waals surface area (Å²) in [5.74, 6) is -1.57. The van der Waals surface area contributed by atoms with Gasteiger partial charge in [-0.05, 0) is 13.3 Å². The molecule has 0 aromatic heterocycles. The molecule has 0 radical (unpaired) electrons. The van der Waals surface area contributed by atoms with Gasteiger partial charge in [-0.2, -0.15) is 4.79 Å². The van der Waals surface area contributed by atoms with Crippen LogP contribution in [0.2, 0.25) is 0 Å². The molecule has 1 heterocycles. The summed E-state index contributed by atoms with van der Waals surface area (Å²) in [4.78, 5) is 40.5. The number of methoxy groups -OCH3 is 1. The molecule has 0 aromatic rings. The van der Waals surface area contributed by atoms with E-state index in [1.54, 1.807) is 6.92 Å². The molecule has 10 heteroatoms. The second kappa shape index (κ2) is 12.3. The average Bonchev–Trinajstić information content (AvgIpc) is 2.65. The molecular formula is C16H26N4O6. The Morgan fingerprint density at radius 2 is 2.04 bits per heavy atom. The summed E-state index contributed by atoms with van der Waals surface area (Å²) in [6, 6.07) is -0.985. The van der Waals surface area contributed by atoms with Gasteiger partial charge >= 0.3 is 12.2 Å². The van der Waals surface area contributed by atoms with Crippen molar-refractivity contribution in [2.24, 2.45) is 0 Å². The predicted octanol–water partition coefficient (Wildman–Crippen LogP) is -0.969. The summed E-state index contributed by atoms with van der Waals surface area (Å²) >= 11 is 0. The van der Waals surface area contributed by atoms with E-state index in [1.165, 1.54) is 7.11 Å². The van der Waals surface area contributed by atoms with Gasteiger partial charge in [0, 0.05) is 33.2 Å². The Morgan fingerprint density at radius 3 is 2.65 bits per heavy atom. The highest BCUT2D eigenvalue weighted by molar-refractivity contribution is 6.25. The Bertz CT molecular complexity index is 529. The minimum Gasteiger partial charge on any atom is -0.463 e. The zero-order chi connectivity index (χ0) is 19.4. The lowest BCUT2D eigenvalue weighted by Crippen LogP contribution is -2.46. The monoisotopic (exact) mass is 370 g/mol. The highest BCUT2D eigenvalue weighted by atomic mass is 16.5. The molecule has 1 saturated heterocycles. The van der Waals surface area contributed by atoms with Crippen molar-refractivity contribution in [1.82, 2.24) is 10.2 Å². The van der Waals surface area contributed by atoms with E-state index in [1.807, 2.05) is 0 Å². The van der Waals surface area contributed by atoms with Gasteiger partial charge in [-0.25, -0.2) is 4.79 Å². The van der Waals surface area contributed by atoms with Crippen LogP contribution in [0, 0.1) is 0 Å². The van der Waals surface area contributed by atoms with Crippen molar-refractivity contribution in [2.45, 2.75) is 31.9 Å². The zero-order valence-electron chi connectivity index (χ0n) is 15.2. The molecule has 1 aliphatic heterocycles. The lowest BCUT2D eigenvalue weighted by atomic mass is 10.1. The summed E-state index contributed by atoms with van der Waals surface area (Å²) in [6.07, 6.45) is -0.0352. The Hall–Kier alpha value is -2.13. The number of ketones is 1. The third kappa shape index (κ3) is 8.30. The molecule has 1 rings (SSSR count). The van der Waals surface area contributed by atoms with Crippen molar-refractivity contribution in [3.63, 3.8) is 0 Å². The van der Waals surface area contributed by atoms with Gasteiger partial charge in [-0.3, -0.25) is 14.5 Å². The van der Waals surface area contributed by atoms with Crippen LogP contribution >= 0.6 is 0 Å². The van der Waals surface area contributed by atoms with Gasteiger partial charge in [0.05, 0.1) is 13.2 Å². The van der Waals surface area contributed by atoms with Gasteiger partial charge < -0.3 is 25.1 Å². The Balaban J connectivity index is 2.53. The highest BCUT2D eigenvalue weighted by Crippen LogP contribution is 2.03. The third-order valence-electron chi connectivity index (χ3n) is 3.96. The molecule has 146 valence electrons. The number of carbonyl (C=O) groups excluding carboxylic acids is 3. The SMILES string of the molecule is CO[C@@H](C)C(=O)N[C@@H](CCC(=O)C=[N+]=[N-])C(=O)OCCN1CCOCC1. The number of amides is 1. The molecular weight excluding hydrogens is 344 g/mol. The summed E-state index contributed by atoms with van der Waals surface area (Å²) in [5.41, 5.74) is 8.36. The van der Waals surface area contributed by atoms with E-state index in [0.29, 0.717) is 19.8 Å². The lowest BCUT2D eigenvalue weighted by Gasteiger charge is -2.26. The maximum Gasteiger partial charge on any atom is 0.328 e. The third-order valence-corrected chi connectivity index (χ3v) is 3.96. The van der Waals surface area contributed by atoms with E-state index >= 15 is 0 Å². The van der Waals surface area contributed by atoms with Gasteiger partial charge in [0.25, 0.3) is 0 Å². The van der Waals surface area contributed by atoms with Crippen LogP contribution in [0.5, 0.6) is 0 Å². The number of nitrogens with zero attached hydrogens (tertiary/aromatic N) is 3. The molecule has 1 N–H and O–H groups in total. The molecule has 1 amide bonds. The zero-order valence-corrected chi connectivity index (χ0v) is 15.2. The van der Waals surface area contributed by atoms with Crippen molar-refractivity contribution in [3.05, 3.63) is 5.53 Å². The van der Waals surface area contributed by atoms with Crippen molar-refractivity contribution < 1.29 is 33.4 Å². The molecule has 0 unspecified atom stereocenters. The topological polar surface area (TPSA) is 131 Å². The predicted molar refractivity (Wildman–Crippen MR) is 90.5 cm³/mol. The van der Waals surface area contributed by atoms with Crippen molar-refractivity contribution >= 4 is 23.9 Å². The molecule has 0 aromatic carbocycles. The number of rotatable bonds is 11. The molecule has 10 nitrogen and oxygen atoms in total. The standard InChI is InChI=1S/C16H26N4O6/c1-12(24-2)15(22)19-14(4-3-13(21)11-18-17)16(23)26-10-7-20-5-8-25-9-6-20/h11-12,14H,3-10H2,1-2H3,(H,19,22)/t12-,14-/m0/s1. The molecule has 2 atom stereocenters. The van der Waals surface area contributed by atoms with Gasteiger partial charge in [-0.1, -0.05) is 0 Å². The maximum absolute atomic E-state index is 12.3. The summed E-state index contributed by atoms with van der Waals surface area (Å²) in [6.45, 7) is 5.14. The van der Waals surface area contributed by atoms with E-state index < -0.39 is 29.8 Å². The fourth-order valence-corrected chi connectivity index (χ4v) is 2.26. The van der Waals surface area contributed by atoms with E-state index in [4.69, 9.17) is 19.7 Å². The number of ether oxygens (including phenoxy) is 3. The van der Waals surface area contributed by atoms with Crippen LogP contribution in [0.25, 0.3) is 5.53 Å². The number of nitrogens with one attached hydrogen (secondary N) is 1. The normalized spacial score (nSPS) is 16.8. The van der Waals surface area contributed by atoms with Crippen LogP contribution in [0.4, 0.5) is 0 Å². The second-order valence-electron chi connectivity index (χ2n) is 5.81. The fourth-order valence-electron chi connectivity index (χ4n) is 2.26. The first-order valence-electron chi connectivity index (χ1n) is 8.48. The molecule has 1 fully saturated rings. The van der Waals surface area contributed by atoms with Crippen molar-refractivity contribution in [3.8, 4) is 0 Å². The Kier molecular flexibility index (Phi) is 10.3. The van der Waals surface area contributed by atoms with Crippen molar-refractivity contribution in [2.75, 3.05) is 46.6 Å². The van der Waals surface area contributed by atoms with Crippen LogP contribution in [-0.2, 0) is 28.6 Å². The quantitative estimate of drug-likeness (QED) is 0.214. The minimum atomic E-state index is -0.985. The first-order valence-corrected chi connectivity index (χ1v) is 8.48. The van der Waals surface area contributed by atoms with Gasteiger partial charge in [0.15, 0.2) is 0 Å². The molecule has 26 heavy (non-hydrogen) atoms. The fraction of sp³-hybridized carbons (Fsp3) is 0.750. The largest absolute Gasteiger partial charge is 0.463 e. The Labute approximate surface area is 152 Å². The number of morpholine rings is 1. The van der Waals surface area contributed by atoms with Crippen LogP contribution in [-0.4, -0.2) is 92.3 Å². The average molecular weight is 370 g/mol. The number of esters is 1. The Morgan fingerprint density at radius 1 is 1.35 bits per heavy atom. The van der Waals surface area contributed by atoms with Gasteiger partial charge in [0.2, 0.25) is 11.7 Å². The van der Waals surface area contributed by atoms with Gasteiger partial charge in [-0.15, -0.1) is 0 Å². The minimum absolute atomic E-state index is 0.0312. The van der Waals surface area contributed by atoms with E-state index in [2.05, 4.69) is 15.0 Å². The summed E-state index contributed by atoms with van der Waals surface area (Å²) in [5, 5.41) is 2.52. The van der Waals surface area contributed by atoms with Crippen molar-refractivity contribution in [1.29, 1.82) is 0 Å². The molecule has 0 spiro atoms.